The lowest BCUT2D eigenvalue weighted by Gasteiger charge is -2.04. The largest absolute Gasteiger partial charge is 0.480 e. The molecule has 0 aromatic heterocycles. The van der Waals surface area contributed by atoms with E-state index >= 15 is 0 Å². The van der Waals surface area contributed by atoms with E-state index in [1.54, 1.807) is 0 Å². The Morgan fingerprint density at radius 3 is 2.00 bits per heavy atom. The summed E-state index contributed by atoms with van der Waals surface area (Å²) in [6, 6.07) is 0. The molecule has 0 unspecified atom stereocenters. The van der Waals surface area contributed by atoms with Gasteiger partial charge in [0.05, 0.1) is 13.1 Å². The van der Waals surface area contributed by atoms with Crippen LogP contribution in [0.1, 0.15) is 0 Å². The van der Waals surface area contributed by atoms with Gasteiger partial charge in [-0.05, 0) is 0 Å². The summed E-state index contributed by atoms with van der Waals surface area (Å²) in [7, 11) is 0. The van der Waals surface area contributed by atoms with Gasteiger partial charge in [-0.15, -0.1) is 0 Å². The van der Waals surface area contributed by atoms with Crippen LogP contribution >= 0.6 is 0 Å². The van der Waals surface area contributed by atoms with Crippen LogP contribution < -0.4 is 21.9 Å². The van der Waals surface area contributed by atoms with Gasteiger partial charge in [0.25, 0.3) is 0 Å². The Hall–Kier alpha value is -1.67. The number of carboxylic acids is 1. The zero-order chi connectivity index (χ0) is 11.0. The highest BCUT2D eigenvalue weighted by Gasteiger charge is 2.05. The van der Waals surface area contributed by atoms with Gasteiger partial charge < -0.3 is 15.7 Å². The van der Waals surface area contributed by atoms with E-state index in [1.807, 2.05) is 0 Å². The number of hydrogen-bond donors (Lipinski definition) is 5. The molecule has 0 radical (unpaired) electrons. The molecule has 0 aliphatic rings. The summed E-state index contributed by atoms with van der Waals surface area (Å²) in [6.07, 6.45) is 0. The first-order chi connectivity index (χ1) is 6.56. The van der Waals surface area contributed by atoms with Gasteiger partial charge in [-0.1, -0.05) is 0 Å². The number of carbonyl (C=O) groups is 3. The molecule has 14 heavy (non-hydrogen) atoms. The molecule has 0 fully saturated rings. The van der Waals surface area contributed by atoms with Crippen molar-refractivity contribution >= 4 is 17.8 Å². The molecule has 0 saturated heterocycles. The van der Waals surface area contributed by atoms with Crippen molar-refractivity contribution in [1.82, 2.24) is 16.1 Å². The fourth-order valence-electron chi connectivity index (χ4n) is 0.571. The number of carbonyl (C=O) groups excluding carboxylic acids is 2. The zero-order valence-corrected chi connectivity index (χ0v) is 7.37. The van der Waals surface area contributed by atoms with E-state index < -0.39 is 24.3 Å². The van der Waals surface area contributed by atoms with E-state index in [1.165, 1.54) is 0 Å². The topological polar surface area (TPSA) is 134 Å². The normalized spacial score (nSPS) is 9.21. The van der Waals surface area contributed by atoms with Crippen molar-refractivity contribution in [2.45, 2.75) is 0 Å². The predicted octanol–water partition coefficient (Wildman–Crippen LogP) is -3.23. The minimum absolute atomic E-state index is 0.105. The molecule has 8 nitrogen and oxygen atoms in total. The van der Waals surface area contributed by atoms with Gasteiger partial charge in [0, 0.05) is 0 Å². The standard InChI is InChI=1S/C6H12N4O4/c7-10-2-5(12)8-1-4(11)9-3-6(13)14/h10H,1-3,7H2,(H,8,12)(H,9,11)(H,13,14). The van der Waals surface area contributed by atoms with Crippen LogP contribution in [0.3, 0.4) is 0 Å². The molecule has 0 aliphatic heterocycles. The summed E-state index contributed by atoms with van der Waals surface area (Å²) in [6.45, 7) is -0.843. The van der Waals surface area contributed by atoms with Crippen LogP contribution in [0, 0.1) is 0 Å². The van der Waals surface area contributed by atoms with E-state index in [-0.39, 0.29) is 13.1 Å². The second kappa shape index (κ2) is 6.80. The summed E-state index contributed by atoms with van der Waals surface area (Å²) >= 11 is 0. The third kappa shape index (κ3) is 7.00. The van der Waals surface area contributed by atoms with Gasteiger partial charge in [-0.25, -0.2) is 0 Å². The van der Waals surface area contributed by atoms with Gasteiger partial charge in [0.15, 0.2) is 0 Å². The highest BCUT2D eigenvalue weighted by molar-refractivity contribution is 5.87. The average Bonchev–Trinajstić information content (AvgIpc) is 2.12. The molecule has 6 N–H and O–H groups in total. The highest BCUT2D eigenvalue weighted by atomic mass is 16.4. The Balaban J connectivity index is 3.53. The van der Waals surface area contributed by atoms with Crippen molar-refractivity contribution in [2.75, 3.05) is 19.6 Å². The molecule has 0 spiro atoms. The van der Waals surface area contributed by atoms with Crippen molar-refractivity contribution < 1.29 is 19.5 Å². The Morgan fingerprint density at radius 1 is 1.00 bits per heavy atom. The third-order valence-electron chi connectivity index (χ3n) is 1.15. The molecule has 0 bridgehead atoms. The van der Waals surface area contributed by atoms with Crippen LogP contribution in [-0.4, -0.2) is 42.5 Å². The maximum absolute atomic E-state index is 10.8. The summed E-state index contributed by atoms with van der Waals surface area (Å²) < 4.78 is 0. The predicted molar refractivity (Wildman–Crippen MR) is 45.8 cm³/mol. The molecule has 0 heterocycles. The smallest absolute Gasteiger partial charge is 0.322 e. The molecule has 80 valence electrons. The fourth-order valence-corrected chi connectivity index (χ4v) is 0.571. The number of aliphatic carboxylic acids is 1. The highest BCUT2D eigenvalue weighted by Crippen LogP contribution is 1.67. The minimum atomic E-state index is -1.15. The Bertz CT molecular complexity index is 230. The van der Waals surface area contributed by atoms with Crippen LogP contribution in [0.15, 0.2) is 0 Å². The summed E-state index contributed by atoms with van der Waals surface area (Å²) in [4.78, 5) is 31.6. The second-order valence-corrected chi connectivity index (χ2v) is 2.33. The van der Waals surface area contributed by atoms with Gasteiger partial charge in [-0.3, -0.25) is 25.7 Å². The minimum Gasteiger partial charge on any atom is -0.480 e. The summed E-state index contributed by atoms with van der Waals surface area (Å²) in [5, 5.41) is 12.5. The molecule has 0 aliphatic carbocycles. The quantitative estimate of drug-likeness (QED) is 0.228. The van der Waals surface area contributed by atoms with Crippen LogP contribution in [0.5, 0.6) is 0 Å². The van der Waals surface area contributed by atoms with Crippen molar-refractivity contribution in [3.8, 4) is 0 Å². The molecule has 8 heteroatoms. The van der Waals surface area contributed by atoms with Gasteiger partial charge in [-0.2, -0.15) is 0 Å². The first kappa shape index (κ1) is 12.3. The van der Waals surface area contributed by atoms with Crippen molar-refractivity contribution in [3.63, 3.8) is 0 Å². The number of nitrogens with two attached hydrogens (primary N) is 1. The van der Waals surface area contributed by atoms with Crippen LogP contribution in [-0.2, 0) is 14.4 Å². The fraction of sp³-hybridized carbons (Fsp3) is 0.500. The lowest BCUT2D eigenvalue weighted by molar-refractivity contribution is -0.137. The molecule has 0 rings (SSSR count). The van der Waals surface area contributed by atoms with Gasteiger partial charge in [0.2, 0.25) is 11.8 Å². The van der Waals surface area contributed by atoms with E-state index in [0.717, 1.165) is 0 Å². The molecular formula is C6H12N4O4. The lowest BCUT2D eigenvalue weighted by Crippen LogP contribution is -2.43. The van der Waals surface area contributed by atoms with Crippen molar-refractivity contribution in [2.24, 2.45) is 5.84 Å². The van der Waals surface area contributed by atoms with Crippen molar-refractivity contribution in [1.29, 1.82) is 0 Å². The Kier molecular flexibility index (Phi) is 5.99. The van der Waals surface area contributed by atoms with E-state index in [9.17, 15) is 14.4 Å². The maximum atomic E-state index is 10.8. The number of nitrogens with one attached hydrogen (secondary N) is 3. The molecule has 2 amide bonds. The monoisotopic (exact) mass is 204 g/mol. The van der Waals surface area contributed by atoms with Crippen LogP contribution in [0.25, 0.3) is 0 Å². The average molecular weight is 204 g/mol. The Morgan fingerprint density at radius 2 is 1.50 bits per heavy atom. The van der Waals surface area contributed by atoms with E-state index in [4.69, 9.17) is 10.9 Å². The summed E-state index contributed by atoms with van der Waals surface area (Å²) in [5.41, 5.74) is 2.10. The third-order valence-corrected chi connectivity index (χ3v) is 1.15. The molecule has 0 aromatic rings. The first-order valence-corrected chi connectivity index (χ1v) is 3.75. The molecule has 0 atom stereocenters. The van der Waals surface area contributed by atoms with Gasteiger partial charge in [0.1, 0.15) is 6.54 Å². The zero-order valence-electron chi connectivity index (χ0n) is 7.37. The number of hydrogen-bond acceptors (Lipinski definition) is 5. The number of carboxylic acid groups (broad SMARTS) is 1. The number of rotatable bonds is 6. The Labute approximate surface area is 79.8 Å². The second-order valence-electron chi connectivity index (χ2n) is 2.33. The van der Waals surface area contributed by atoms with E-state index in [2.05, 4.69) is 16.1 Å². The number of amides is 2. The molecular weight excluding hydrogens is 192 g/mol. The maximum Gasteiger partial charge on any atom is 0.322 e. The van der Waals surface area contributed by atoms with E-state index in [0.29, 0.717) is 0 Å². The van der Waals surface area contributed by atoms with Gasteiger partial charge >= 0.3 is 5.97 Å². The SMILES string of the molecule is NNCC(=O)NCC(=O)NCC(=O)O. The first-order valence-electron chi connectivity index (χ1n) is 3.75. The lowest BCUT2D eigenvalue weighted by atomic mass is 10.5. The number of hydrazine groups is 1. The van der Waals surface area contributed by atoms with Crippen LogP contribution in [0.2, 0.25) is 0 Å². The molecule has 0 aromatic carbocycles. The summed E-state index contributed by atoms with van der Waals surface area (Å²) in [5.74, 6) is 2.68. The van der Waals surface area contributed by atoms with Crippen LogP contribution in [0.4, 0.5) is 0 Å². The van der Waals surface area contributed by atoms with Crippen molar-refractivity contribution in [3.05, 3.63) is 0 Å². The molecule has 0 saturated carbocycles.